The molecule has 0 atom stereocenters. The first-order valence-electron chi connectivity index (χ1n) is 7.85. The van der Waals surface area contributed by atoms with Gasteiger partial charge in [-0.3, -0.25) is 9.48 Å². The van der Waals surface area contributed by atoms with Crippen molar-refractivity contribution in [1.82, 2.24) is 15.1 Å². The Bertz CT molecular complexity index is 815. The molecule has 0 aliphatic heterocycles. The molecule has 0 fully saturated rings. The first-order chi connectivity index (χ1) is 12.2. The maximum Gasteiger partial charge on any atom is 0.258 e. The molecule has 0 bridgehead atoms. The van der Waals surface area contributed by atoms with Crippen molar-refractivity contribution in [1.29, 1.82) is 0 Å². The van der Waals surface area contributed by atoms with Gasteiger partial charge in [-0.2, -0.15) is 5.10 Å². The van der Waals surface area contributed by atoms with Gasteiger partial charge in [0.15, 0.2) is 6.61 Å². The summed E-state index contributed by atoms with van der Waals surface area (Å²) in [7, 11) is 1.59. The molecule has 0 unspecified atom stereocenters. The Labute approximate surface area is 150 Å². The van der Waals surface area contributed by atoms with E-state index >= 15 is 0 Å². The highest BCUT2D eigenvalue weighted by Crippen LogP contribution is 2.22. The molecule has 130 valence electrons. The van der Waals surface area contributed by atoms with Crippen LogP contribution in [-0.4, -0.2) is 35.9 Å². The smallest absolute Gasteiger partial charge is 0.258 e. The average Bonchev–Trinajstić information content (AvgIpc) is 3.31. The molecule has 3 aromatic rings. The minimum Gasteiger partial charge on any atom is -0.497 e. The van der Waals surface area contributed by atoms with Crippen LogP contribution >= 0.6 is 11.3 Å². The van der Waals surface area contributed by atoms with Gasteiger partial charge >= 0.3 is 0 Å². The monoisotopic (exact) mass is 357 g/mol. The lowest BCUT2D eigenvalue weighted by atomic mass is 10.3. The number of methoxy groups -OCH3 is 1. The molecule has 1 N–H and O–H groups in total. The van der Waals surface area contributed by atoms with Crippen LogP contribution in [-0.2, 0) is 11.3 Å². The zero-order valence-electron chi connectivity index (χ0n) is 13.8. The number of rotatable bonds is 8. The lowest BCUT2D eigenvalue weighted by Gasteiger charge is -2.08. The van der Waals surface area contributed by atoms with E-state index < -0.39 is 0 Å². The summed E-state index contributed by atoms with van der Waals surface area (Å²) >= 11 is 1.65. The topological polar surface area (TPSA) is 65.4 Å². The van der Waals surface area contributed by atoms with Gasteiger partial charge in [0.25, 0.3) is 5.91 Å². The summed E-state index contributed by atoms with van der Waals surface area (Å²) in [5.41, 5.74) is 0.947. The molecule has 25 heavy (non-hydrogen) atoms. The summed E-state index contributed by atoms with van der Waals surface area (Å²) in [6.07, 6.45) is 1.91. The maximum absolute atomic E-state index is 11.9. The Hall–Kier alpha value is -2.80. The van der Waals surface area contributed by atoms with Crippen molar-refractivity contribution >= 4 is 17.2 Å². The summed E-state index contributed by atoms with van der Waals surface area (Å²) in [6.45, 7) is 1.06. The van der Waals surface area contributed by atoms with Crippen LogP contribution in [0.1, 0.15) is 0 Å². The van der Waals surface area contributed by atoms with Gasteiger partial charge in [0.2, 0.25) is 0 Å². The first kappa shape index (κ1) is 17.0. The van der Waals surface area contributed by atoms with E-state index in [-0.39, 0.29) is 12.5 Å². The van der Waals surface area contributed by atoms with Gasteiger partial charge in [-0.25, -0.2) is 0 Å². The van der Waals surface area contributed by atoms with Crippen molar-refractivity contribution in [3.8, 4) is 22.1 Å². The molecule has 3 rings (SSSR count). The molecule has 6 nitrogen and oxygen atoms in total. The van der Waals surface area contributed by atoms with E-state index in [1.54, 1.807) is 30.6 Å². The SMILES string of the molecule is COc1cccc(OCC(=O)NCCn2ccc(-c3cccs3)n2)c1. The van der Waals surface area contributed by atoms with E-state index in [2.05, 4.69) is 10.4 Å². The number of amides is 1. The fourth-order valence-corrected chi connectivity index (χ4v) is 2.93. The number of benzene rings is 1. The molecule has 0 aliphatic carbocycles. The summed E-state index contributed by atoms with van der Waals surface area (Å²) in [4.78, 5) is 13.0. The number of thiophene rings is 1. The third-order valence-corrected chi connectivity index (χ3v) is 4.38. The van der Waals surface area contributed by atoms with Crippen molar-refractivity contribution in [2.75, 3.05) is 20.3 Å². The first-order valence-corrected chi connectivity index (χ1v) is 8.73. The van der Waals surface area contributed by atoms with Crippen LogP contribution in [0.5, 0.6) is 11.5 Å². The van der Waals surface area contributed by atoms with E-state index in [0.717, 1.165) is 10.6 Å². The number of nitrogens with zero attached hydrogens (tertiary/aromatic N) is 2. The van der Waals surface area contributed by atoms with E-state index in [9.17, 15) is 4.79 Å². The molecule has 0 aliphatic rings. The second kappa shape index (κ2) is 8.34. The predicted octanol–water partition coefficient (Wildman–Crippen LogP) is 2.82. The molecular weight excluding hydrogens is 338 g/mol. The highest BCUT2D eigenvalue weighted by atomic mass is 32.1. The number of ether oxygens (including phenoxy) is 2. The Kier molecular flexibility index (Phi) is 5.69. The molecule has 2 heterocycles. The quantitative estimate of drug-likeness (QED) is 0.673. The third kappa shape index (κ3) is 4.84. The van der Waals surface area contributed by atoms with E-state index in [4.69, 9.17) is 9.47 Å². The number of aromatic nitrogens is 2. The van der Waals surface area contributed by atoms with Crippen LogP contribution in [0, 0.1) is 0 Å². The van der Waals surface area contributed by atoms with Crippen LogP contribution in [0.15, 0.2) is 54.0 Å². The van der Waals surface area contributed by atoms with Crippen LogP contribution in [0.4, 0.5) is 0 Å². The number of carbonyl (C=O) groups is 1. The Morgan fingerprint density at radius 3 is 2.92 bits per heavy atom. The number of hydrogen-bond acceptors (Lipinski definition) is 5. The number of hydrogen-bond donors (Lipinski definition) is 1. The zero-order chi connectivity index (χ0) is 17.5. The van der Waals surface area contributed by atoms with Gasteiger partial charge < -0.3 is 14.8 Å². The summed E-state index contributed by atoms with van der Waals surface area (Å²) in [6, 6.07) is 13.2. The molecule has 2 aromatic heterocycles. The van der Waals surface area contributed by atoms with Gasteiger partial charge in [0.1, 0.15) is 17.2 Å². The number of nitrogens with one attached hydrogen (secondary N) is 1. The van der Waals surface area contributed by atoms with Crippen LogP contribution in [0.25, 0.3) is 10.6 Å². The maximum atomic E-state index is 11.9. The van der Waals surface area contributed by atoms with Crippen molar-refractivity contribution in [3.63, 3.8) is 0 Å². The lowest BCUT2D eigenvalue weighted by molar-refractivity contribution is -0.123. The normalized spacial score (nSPS) is 10.4. The second-order valence-electron chi connectivity index (χ2n) is 5.26. The van der Waals surface area contributed by atoms with E-state index in [1.807, 2.05) is 46.6 Å². The van der Waals surface area contributed by atoms with Gasteiger partial charge in [-0.1, -0.05) is 12.1 Å². The largest absolute Gasteiger partial charge is 0.497 e. The van der Waals surface area contributed by atoms with Crippen LogP contribution in [0.3, 0.4) is 0 Å². The van der Waals surface area contributed by atoms with E-state index in [0.29, 0.717) is 24.6 Å². The van der Waals surface area contributed by atoms with Gasteiger partial charge in [-0.05, 0) is 29.6 Å². The van der Waals surface area contributed by atoms with Gasteiger partial charge in [-0.15, -0.1) is 11.3 Å². The fourth-order valence-electron chi connectivity index (χ4n) is 2.24. The Morgan fingerprint density at radius 1 is 1.24 bits per heavy atom. The summed E-state index contributed by atoms with van der Waals surface area (Å²) in [5.74, 6) is 1.12. The molecule has 0 saturated carbocycles. The van der Waals surface area contributed by atoms with Crippen LogP contribution in [0.2, 0.25) is 0 Å². The van der Waals surface area contributed by atoms with Gasteiger partial charge in [0, 0.05) is 18.8 Å². The average molecular weight is 357 g/mol. The number of carbonyl (C=O) groups excluding carboxylic acids is 1. The second-order valence-corrected chi connectivity index (χ2v) is 6.21. The fraction of sp³-hybridized carbons (Fsp3) is 0.222. The Morgan fingerprint density at radius 2 is 2.12 bits per heavy atom. The lowest BCUT2D eigenvalue weighted by Crippen LogP contribution is -2.31. The Balaban J connectivity index is 1.40. The molecule has 7 heteroatoms. The molecular formula is C18H19N3O3S. The molecule has 0 radical (unpaired) electrons. The third-order valence-electron chi connectivity index (χ3n) is 3.49. The highest BCUT2D eigenvalue weighted by molar-refractivity contribution is 7.13. The highest BCUT2D eigenvalue weighted by Gasteiger charge is 2.05. The van der Waals surface area contributed by atoms with Gasteiger partial charge in [0.05, 0.1) is 18.5 Å². The molecule has 0 spiro atoms. The van der Waals surface area contributed by atoms with Crippen LogP contribution < -0.4 is 14.8 Å². The predicted molar refractivity (Wildman–Crippen MR) is 97.0 cm³/mol. The minimum atomic E-state index is -0.173. The standard InChI is InChI=1S/C18H19N3O3S/c1-23-14-4-2-5-15(12-14)24-13-18(22)19-8-10-21-9-7-16(20-21)17-6-3-11-25-17/h2-7,9,11-12H,8,10,13H2,1H3,(H,19,22). The molecule has 1 amide bonds. The zero-order valence-corrected chi connectivity index (χ0v) is 14.7. The van der Waals surface area contributed by atoms with Crippen molar-refractivity contribution in [3.05, 3.63) is 54.0 Å². The van der Waals surface area contributed by atoms with Crippen molar-refractivity contribution in [2.24, 2.45) is 0 Å². The summed E-state index contributed by atoms with van der Waals surface area (Å²) in [5, 5.41) is 9.34. The van der Waals surface area contributed by atoms with E-state index in [1.165, 1.54) is 0 Å². The molecule has 0 saturated heterocycles. The minimum absolute atomic E-state index is 0.0350. The van der Waals surface area contributed by atoms with Crippen molar-refractivity contribution in [2.45, 2.75) is 6.54 Å². The van der Waals surface area contributed by atoms with Crippen molar-refractivity contribution < 1.29 is 14.3 Å². The molecule has 1 aromatic carbocycles. The summed E-state index contributed by atoms with van der Waals surface area (Å²) < 4.78 is 12.4.